The van der Waals surface area contributed by atoms with Gasteiger partial charge in [0.25, 0.3) is 0 Å². The minimum Gasteiger partial charge on any atom is -0.380 e. The summed E-state index contributed by atoms with van der Waals surface area (Å²) < 4.78 is 41.7. The van der Waals surface area contributed by atoms with E-state index < -0.39 is 11.6 Å². The van der Waals surface area contributed by atoms with Crippen LogP contribution in [0.4, 0.5) is 31.7 Å². The minimum atomic E-state index is -0.531. The van der Waals surface area contributed by atoms with E-state index in [1.54, 1.807) is 26.4 Å². The van der Waals surface area contributed by atoms with Crippen LogP contribution in [0.2, 0.25) is 5.15 Å². The lowest BCUT2D eigenvalue weighted by molar-refractivity contribution is -0.141. The van der Waals surface area contributed by atoms with Gasteiger partial charge < -0.3 is 29.9 Å². The van der Waals surface area contributed by atoms with E-state index in [4.69, 9.17) is 26.8 Å². The molecule has 2 bridgehead atoms. The van der Waals surface area contributed by atoms with Crippen molar-refractivity contribution in [1.82, 2.24) is 10.2 Å². The lowest BCUT2D eigenvalue weighted by Gasteiger charge is -2.44. The predicted molar refractivity (Wildman–Crippen MR) is 132 cm³/mol. The van der Waals surface area contributed by atoms with Gasteiger partial charge in [-0.05, 0) is 37.8 Å². The summed E-state index contributed by atoms with van der Waals surface area (Å²) >= 11 is 6.05. The number of halogens is 3. The van der Waals surface area contributed by atoms with Crippen molar-refractivity contribution in [2.75, 3.05) is 60.8 Å². The molecule has 11 heteroatoms. The van der Waals surface area contributed by atoms with Crippen LogP contribution in [0.5, 0.6) is 0 Å². The zero-order valence-corrected chi connectivity index (χ0v) is 20.7. The van der Waals surface area contributed by atoms with Crippen LogP contribution in [0.15, 0.2) is 18.2 Å². The Morgan fingerprint density at radius 1 is 0.971 bits per heavy atom. The number of hydrogen-bond acceptors (Lipinski definition) is 8. The van der Waals surface area contributed by atoms with E-state index in [9.17, 15) is 4.39 Å². The molecule has 2 atom stereocenters. The zero-order chi connectivity index (χ0) is 24.7. The molecule has 0 saturated carbocycles. The number of anilines is 4. The van der Waals surface area contributed by atoms with Crippen molar-refractivity contribution >= 4 is 34.5 Å². The molecule has 3 aliphatic rings. The number of methoxy groups -OCH3 is 2. The Labute approximate surface area is 208 Å². The molecule has 2 aromatic rings. The van der Waals surface area contributed by atoms with Gasteiger partial charge in [-0.2, -0.15) is 0 Å². The van der Waals surface area contributed by atoms with E-state index in [0.29, 0.717) is 37.7 Å². The number of piperazine rings is 1. The smallest absolute Gasteiger partial charge is 0.172 e. The SMILES string of the molecule is COC(OC)C1CCN(c2c(F)ccc(N3C4CCC3CN(c3cc(Cl)nnc3N)C4)c2F)CC1. The second-order valence-electron chi connectivity index (χ2n) is 9.53. The van der Waals surface area contributed by atoms with Gasteiger partial charge in [-0.1, -0.05) is 11.6 Å². The highest BCUT2D eigenvalue weighted by molar-refractivity contribution is 6.29. The van der Waals surface area contributed by atoms with Crippen molar-refractivity contribution in [1.29, 1.82) is 0 Å². The first-order valence-corrected chi connectivity index (χ1v) is 12.4. The predicted octanol–water partition coefficient (Wildman–Crippen LogP) is 3.68. The summed E-state index contributed by atoms with van der Waals surface area (Å²) in [6.45, 7) is 2.38. The maximum atomic E-state index is 16.0. The van der Waals surface area contributed by atoms with Gasteiger partial charge in [-0.3, -0.25) is 0 Å². The Balaban J connectivity index is 1.36. The van der Waals surface area contributed by atoms with Crippen molar-refractivity contribution in [3.8, 4) is 0 Å². The number of hydrogen-bond donors (Lipinski definition) is 1. The van der Waals surface area contributed by atoms with Crippen molar-refractivity contribution in [3.05, 3.63) is 35.0 Å². The normalized spacial score (nSPS) is 23.0. The van der Waals surface area contributed by atoms with Crippen LogP contribution in [0.3, 0.4) is 0 Å². The largest absolute Gasteiger partial charge is 0.380 e. The molecule has 3 fully saturated rings. The quantitative estimate of drug-likeness (QED) is 0.592. The average molecular weight is 509 g/mol. The molecule has 0 radical (unpaired) electrons. The third kappa shape index (κ3) is 4.47. The summed E-state index contributed by atoms with van der Waals surface area (Å²) in [4.78, 5) is 6.08. The molecule has 0 aliphatic carbocycles. The van der Waals surface area contributed by atoms with E-state index in [2.05, 4.69) is 20.0 Å². The fraction of sp³-hybridized carbons (Fsp3) is 0.583. The number of nitrogens with two attached hydrogens (primary N) is 1. The van der Waals surface area contributed by atoms with Gasteiger partial charge in [0.15, 0.2) is 23.1 Å². The Hall–Kier alpha value is -2.43. The zero-order valence-electron chi connectivity index (χ0n) is 20.0. The second kappa shape index (κ2) is 9.91. The van der Waals surface area contributed by atoms with E-state index >= 15 is 4.39 Å². The lowest BCUT2D eigenvalue weighted by Crippen LogP contribution is -2.54. The Bertz CT molecular complexity index is 1050. The topological polar surface area (TPSA) is 80.0 Å². The standard InChI is InChI=1S/C24H31ClF2N6O2/c1-34-24(35-2)14-7-9-31(10-8-14)22-17(26)5-6-18(21(22)27)33-15-3-4-16(33)13-32(12-15)19-11-20(25)29-30-23(19)28/h5-6,11,14-16,24H,3-4,7-10,12-13H2,1-2H3,(H2,28,30). The summed E-state index contributed by atoms with van der Waals surface area (Å²) in [5, 5.41) is 8.01. The number of nitrogens with zero attached hydrogens (tertiary/aromatic N) is 5. The summed E-state index contributed by atoms with van der Waals surface area (Å²) in [7, 11) is 3.23. The molecule has 3 aliphatic heterocycles. The minimum absolute atomic E-state index is 0.0588. The number of ether oxygens (including phenoxy) is 2. The number of rotatable bonds is 6. The summed E-state index contributed by atoms with van der Waals surface area (Å²) in [5.41, 5.74) is 7.32. The van der Waals surface area contributed by atoms with Gasteiger partial charge >= 0.3 is 0 Å². The van der Waals surface area contributed by atoms with E-state index in [-0.39, 0.29) is 35.1 Å². The van der Waals surface area contributed by atoms with Crippen LogP contribution < -0.4 is 20.4 Å². The number of fused-ring (bicyclic) bond motifs is 2. The molecule has 2 unspecified atom stereocenters. The van der Waals surface area contributed by atoms with E-state index in [0.717, 1.165) is 31.4 Å². The molecule has 190 valence electrons. The second-order valence-corrected chi connectivity index (χ2v) is 9.92. The molecule has 2 N–H and O–H groups in total. The fourth-order valence-electron chi connectivity index (χ4n) is 6.01. The maximum absolute atomic E-state index is 16.0. The molecular weight excluding hydrogens is 478 g/mol. The van der Waals surface area contributed by atoms with Crippen LogP contribution >= 0.6 is 11.6 Å². The number of piperidine rings is 1. The molecule has 1 aromatic carbocycles. The van der Waals surface area contributed by atoms with Gasteiger partial charge in [0.1, 0.15) is 11.5 Å². The highest BCUT2D eigenvalue weighted by Crippen LogP contribution is 2.42. The van der Waals surface area contributed by atoms with Crippen LogP contribution in [-0.2, 0) is 9.47 Å². The Kier molecular flexibility index (Phi) is 6.87. The van der Waals surface area contributed by atoms with Gasteiger partial charge in [0.05, 0.1) is 11.4 Å². The van der Waals surface area contributed by atoms with Crippen molar-refractivity contribution in [2.45, 2.75) is 44.1 Å². The number of aromatic nitrogens is 2. The molecule has 3 saturated heterocycles. The van der Waals surface area contributed by atoms with Crippen LogP contribution in [0, 0.1) is 17.6 Å². The molecule has 0 amide bonds. The molecule has 35 heavy (non-hydrogen) atoms. The summed E-state index contributed by atoms with van der Waals surface area (Å²) in [6.07, 6.45) is 3.01. The van der Waals surface area contributed by atoms with Crippen LogP contribution in [0.25, 0.3) is 0 Å². The number of benzene rings is 1. The molecule has 4 heterocycles. The first-order valence-electron chi connectivity index (χ1n) is 12.0. The van der Waals surface area contributed by atoms with Crippen molar-refractivity contribution < 1.29 is 18.3 Å². The van der Waals surface area contributed by atoms with Crippen molar-refractivity contribution in [3.63, 3.8) is 0 Å². The third-order valence-electron chi connectivity index (χ3n) is 7.62. The number of nitrogen functional groups attached to an aromatic ring is 1. The molecular formula is C24H31ClF2N6O2. The first-order chi connectivity index (χ1) is 16.9. The van der Waals surface area contributed by atoms with E-state index in [1.165, 1.54) is 6.07 Å². The molecule has 1 aromatic heterocycles. The Morgan fingerprint density at radius 2 is 1.63 bits per heavy atom. The summed E-state index contributed by atoms with van der Waals surface area (Å²) in [5.74, 6) is -0.499. The lowest BCUT2D eigenvalue weighted by atomic mass is 9.95. The van der Waals surface area contributed by atoms with Gasteiger partial charge in [0.2, 0.25) is 0 Å². The highest BCUT2D eigenvalue weighted by Gasteiger charge is 2.42. The maximum Gasteiger partial charge on any atom is 0.172 e. The van der Waals surface area contributed by atoms with Crippen LogP contribution in [-0.4, -0.2) is 69.0 Å². The molecule has 0 spiro atoms. The van der Waals surface area contributed by atoms with Crippen LogP contribution in [0.1, 0.15) is 25.7 Å². The van der Waals surface area contributed by atoms with E-state index in [1.807, 2.05) is 4.90 Å². The van der Waals surface area contributed by atoms with Gasteiger partial charge in [0, 0.05) is 64.5 Å². The highest BCUT2D eigenvalue weighted by atomic mass is 35.5. The van der Waals surface area contributed by atoms with Gasteiger partial charge in [-0.15, -0.1) is 10.2 Å². The first kappa shape index (κ1) is 24.3. The average Bonchev–Trinajstić information content (AvgIpc) is 3.10. The monoisotopic (exact) mass is 508 g/mol. The van der Waals surface area contributed by atoms with Crippen molar-refractivity contribution in [2.24, 2.45) is 5.92 Å². The Morgan fingerprint density at radius 3 is 2.26 bits per heavy atom. The molecule has 5 rings (SSSR count). The molecule has 8 nitrogen and oxygen atoms in total. The fourth-order valence-corrected chi connectivity index (χ4v) is 6.15. The summed E-state index contributed by atoms with van der Waals surface area (Å²) in [6, 6.07) is 4.83. The third-order valence-corrected chi connectivity index (χ3v) is 7.81. The van der Waals surface area contributed by atoms with Gasteiger partial charge in [-0.25, -0.2) is 8.78 Å².